The molecule has 82 valence electrons. The molecule has 0 N–H and O–H groups in total. The zero-order valence-electron chi connectivity index (χ0n) is 9.66. The van der Waals surface area contributed by atoms with Crippen LogP contribution in [0.4, 0.5) is 0 Å². The fraction of sp³-hybridized carbons (Fsp3) is 0.900. The van der Waals surface area contributed by atoms with Crippen LogP contribution in [0.2, 0.25) is 18.1 Å². The first-order chi connectivity index (χ1) is 6.28. The van der Waals surface area contributed by atoms with Crippen LogP contribution in [0.5, 0.6) is 0 Å². The minimum absolute atomic E-state index is 0.0154. The maximum absolute atomic E-state index is 10.3. The quantitative estimate of drug-likeness (QED) is 0.410. The molecule has 0 aromatic rings. The molecule has 1 aliphatic rings. The molecule has 1 heterocycles. The molecule has 0 radical (unpaired) electrons. The summed E-state index contributed by atoms with van der Waals surface area (Å²) in [5.74, 6) is 0. The van der Waals surface area contributed by atoms with Gasteiger partial charge in [-0.25, -0.2) is 0 Å². The van der Waals surface area contributed by atoms with Gasteiger partial charge in [0.15, 0.2) is 14.6 Å². The Hall–Kier alpha value is -0.193. The Bertz CT molecular complexity index is 220. The van der Waals surface area contributed by atoms with Crippen LogP contribution in [0.1, 0.15) is 20.8 Å². The molecule has 0 spiro atoms. The van der Waals surface area contributed by atoms with Crippen LogP contribution in [0.3, 0.4) is 0 Å². The third-order valence-electron chi connectivity index (χ3n) is 3.17. The van der Waals surface area contributed by atoms with Crippen molar-refractivity contribution in [3.05, 3.63) is 0 Å². The van der Waals surface area contributed by atoms with Crippen LogP contribution in [-0.2, 0) is 14.0 Å². The molecule has 4 heteroatoms. The Balaban J connectivity index is 2.34. The van der Waals surface area contributed by atoms with E-state index in [9.17, 15) is 4.79 Å². The normalized spacial score (nSPS) is 27.5. The summed E-state index contributed by atoms with van der Waals surface area (Å²) in [6.45, 7) is 11.6. The van der Waals surface area contributed by atoms with E-state index in [2.05, 4.69) is 33.9 Å². The van der Waals surface area contributed by atoms with Crippen molar-refractivity contribution >= 4 is 14.6 Å². The average Bonchev–Trinajstić information content (AvgIpc) is 2.77. The summed E-state index contributed by atoms with van der Waals surface area (Å²) in [4.78, 5) is 10.3. The van der Waals surface area contributed by atoms with Crippen molar-refractivity contribution in [2.45, 2.75) is 51.1 Å². The topological polar surface area (TPSA) is 38.8 Å². The molecule has 0 aromatic carbocycles. The summed E-state index contributed by atoms with van der Waals surface area (Å²) >= 11 is 0. The molecule has 0 aromatic heterocycles. The van der Waals surface area contributed by atoms with Gasteiger partial charge in [0.1, 0.15) is 12.2 Å². The first kappa shape index (κ1) is 11.9. The highest BCUT2D eigenvalue weighted by molar-refractivity contribution is 6.74. The number of hydrogen-bond donors (Lipinski definition) is 0. The van der Waals surface area contributed by atoms with Gasteiger partial charge in [-0.1, -0.05) is 20.8 Å². The molecule has 0 saturated carbocycles. The summed E-state index contributed by atoms with van der Waals surface area (Å²) in [5, 5.41) is 0.221. The van der Waals surface area contributed by atoms with Crippen molar-refractivity contribution in [3.8, 4) is 0 Å². The van der Waals surface area contributed by atoms with Crippen LogP contribution in [-0.4, -0.2) is 33.4 Å². The predicted molar refractivity (Wildman–Crippen MR) is 57.9 cm³/mol. The van der Waals surface area contributed by atoms with E-state index in [0.717, 1.165) is 6.29 Å². The van der Waals surface area contributed by atoms with Crippen LogP contribution in [0.15, 0.2) is 0 Å². The molecule has 3 nitrogen and oxygen atoms in total. The maximum atomic E-state index is 10.3. The fourth-order valence-corrected chi connectivity index (χ4v) is 1.93. The highest BCUT2D eigenvalue weighted by atomic mass is 28.4. The van der Waals surface area contributed by atoms with Crippen LogP contribution < -0.4 is 0 Å². The van der Waals surface area contributed by atoms with E-state index < -0.39 is 8.32 Å². The van der Waals surface area contributed by atoms with Crippen molar-refractivity contribution < 1.29 is 14.0 Å². The van der Waals surface area contributed by atoms with Crippen molar-refractivity contribution in [2.24, 2.45) is 0 Å². The molecule has 1 rings (SSSR count). The van der Waals surface area contributed by atoms with Crippen molar-refractivity contribution in [2.75, 3.05) is 6.61 Å². The van der Waals surface area contributed by atoms with Gasteiger partial charge in [0, 0.05) is 0 Å². The van der Waals surface area contributed by atoms with Crippen molar-refractivity contribution in [1.29, 1.82) is 0 Å². The van der Waals surface area contributed by atoms with E-state index in [4.69, 9.17) is 9.16 Å². The Morgan fingerprint density at radius 3 is 2.36 bits per heavy atom. The maximum Gasteiger partial charge on any atom is 0.192 e. The first-order valence-corrected chi connectivity index (χ1v) is 7.93. The van der Waals surface area contributed by atoms with E-state index >= 15 is 0 Å². The second-order valence-corrected chi connectivity index (χ2v) is 10.2. The highest BCUT2D eigenvalue weighted by Crippen LogP contribution is 2.37. The smallest absolute Gasteiger partial charge is 0.192 e. The Morgan fingerprint density at radius 2 is 2.00 bits per heavy atom. The van der Waals surface area contributed by atoms with Gasteiger partial charge in [0.25, 0.3) is 0 Å². The van der Waals surface area contributed by atoms with Crippen LogP contribution in [0.25, 0.3) is 0 Å². The van der Waals surface area contributed by atoms with E-state index in [1.54, 1.807) is 0 Å². The number of ether oxygens (including phenoxy) is 1. The molecule has 0 amide bonds. The number of hydrogen-bond acceptors (Lipinski definition) is 3. The number of aldehydes is 1. The third-order valence-corrected chi connectivity index (χ3v) is 7.67. The van der Waals surface area contributed by atoms with Crippen LogP contribution >= 0.6 is 0 Å². The molecular weight excluding hydrogens is 196 g/mol. The average molecular weight is 216 g/mol. The molecule has 1 saturated heterocycles. The SMILES string of the molecule is CC(C)(C)[Si](C)(C)OC[C@@H]1O[C@H]1C=O. The summed E-state index contributed by atoms with van der Waals surface area (Å²) in [6.07, 6.45) is 0.654. The van der Waals surface area contributed by atoms with Crippen molar-refractivity contribution in [3.63, 3.8) is 0 Å². The Kier molecular flexibility index (Phi) is 3.19. The first-order valence-electron chi connectivity index (χ1n) is 5.02. The van der Waals surface area contributed by atoms with E-state index in [0.29, 0.717) is 6.61 Å². The minimum Gasteiger partial charge on any atom is -0.414 e. The van der Waals surface area contributed by atoms with Crippen LogP contribution in [0, 0.1) is 0 Å². The Morgan fingerprint density at radius 1 is 1.43 bits per heavy atom. The molecule has 1 aliphatic heterocycles. The molecule has 0 aliphatic carbocycles. The third kappa shape index (κ3) is 2.65. The lowest BCUT2D eigenvalue weighted by Gasteiger charge is -2.35. The van der Waals surface area contributed by atoms with Crippen molar-refractivity contribution in [1.82, 2.24) is 0 Å². The number of carbonyl (C=O) groups is 1. The van der Waals surface area contributed by atoms with E-state index in [1.165, 1.54) is 0 Å². The molecule has 1 fully saturated rings. The second kappa shape index (κ2) is 3.75. The van der Waals surface area contributed by atoms with Gasteiger partial charge >= 0.3 is 0 Å². The zero-order chi connectivity index (χ0) is 11.0. The molecule has 14 heavy (non-hydrogen) atoms. The lowest BCUT2D eigenvalue weighted by molar-refractivity contribution is -0.108. The van der Waals surface area contributed by atoms with Gasteiger partial charge in [-0.2, -0.15) is 0 Å². The number of carbonyl (C=O) groups excluding carboxylic acids is 1. The van der Waals surface area contributed by atoms with E-state index in [-0.39, 0.29) is 17.2 Å². The van der Waals surface area contributed by atoms with Gasteiger partial charge in [0.2, 0.25) is 0 Å². The highest BCUT2D eigenvalue weighted by Gasteiger charge is 2.43. The van der Waals surface area contributed by atoms with Gasteiger partial charge in [-0.05, 0) is 18.1 Å². The van der Waals surface area contributed by atoms with Gasteiger partial charge in [0.05, 0.1) is 6.61 Å². The predicted octanol–water partition coefficient (Wildman–Crippen LogP) is 1.97. The Labute approximate surface area is 86.9 Å². The minimum atomic E-state index is -1.67. The lowest BCUT2D eigenvalue weighted by atomic mass is 10.2. The summed E-state index contributed by atoms with van der Waals surface area (Å²) < 4.78 is 11.0. The monoisotopic (exact) mass is 216 g/mol. The largest absolute Gasteiger partial charge is 0.414 e. The summed E-state index contributed by atoms with van der Waals surface area (Å²) in [7, 11) is -1.67. The fourth-order valence-electron chi connectivity index (χ4n) is 0.917. The van der Waals surface area contributed by atoms with E-state index in [1.807, 2.05) is 0 Å². The standard InChI is InChI=1S/C10H20O3Si/c1-10(2,3)14(4,5)12-7-9-8(6-11)13-9/h6,8-9H,7H2,1-5H3/t8-,9-/m0/s1. The molecular formula is C10H20O3Si. The van der Waals surface area contributed by atoms with Gasteiger partial charge in [-0.15, -0.1) is 0 Å². The van der Waals surface area contributed by atoms with Gasteiger partial charge < -0.3 is 14.0 Å². The molecule has 0 bridgehead atoms. The summed E-state index contributed by atoms with van der Waals surface area (Å²) in [6, 6.07) is 0. The number of epoxide rings is 1. The zero-order valence-corrected chi connectivity index (χ0v) is 10.7. The van der Waals surface area contributed by atoms with Gasteiger partial charge in [-0.3, -0.25) is 0 Å². The molecule has 2 atom stereocenters. The summed E-state index contributed by atoms with van der Waals surface area (Å²) in [5.41, 5.74) is 0. The molecule has 0 unspecified atom stereocenters. The lowest BCUT2D eigenvalue weighted by Crippen LogP contribution is -2.41. The number of rotatable bonds is 4. The second-order valence-electron chi connectivity index (χ2n) is 5.35.